The number of rotatable bonds is 11. The molecule has 0 N–H and O–H groups in total. The van der Waals surface area contributed by atoms with Crippen molar-refractivity contribution in [1.82, 2.24) is 9.47 Å². The largest absolute Gasteiger partial charge is 0.464 e. The van der Waals surface area contributed by atoms with Crippen LogP contribution in [0.5, 0.6) is 0 Å². The maximum atomic E-state index is 13.3. The summed E-state index contributed by atoms with van der Waals surface area (Å²) in [4.78, 5) is 40.4. The van der Waals surface area contributed by atoms with Crippen LogP contribution in [-0.4, -0.2) is 47.3 Å². The molecule has 0 aliphatic heterocycles. The molecule has 1 aromatic rings. The number of Topliss-reactive ketones (excluding diaryl/α,β-unsaturated/α-hetero) is 1. The number of ether oxygens (including phenoxy) is 1. The molecule has 1 fully saturated rings. The van der Waals surface area contributed by atoms with Crippen molar-refractivity contribution in [2.75, 3.05) is 20.2 Å². The first-order chi connectivity index (χ1) is 14.7. The average molecular weight is 433 g/mol. The smallest absolute Gasteiger partial charge is 0.354 e. The van der Waals surface area contributed by atoms with Crippen LogP contribution >= 0.6 is 0 Å². The summed E-state index contributed by atoms with van der Waals surface area (Å²) in [6, 6.07) is 0. The Hall–Kier alpha value is -2.11. The second-order valence-electron chi connectivity index (χ2n) is 9.28. The van der Waals surface area contributed by atoms with Gasteiger partial charge in [0.05, 0.1) is 13.7 Å². The van der Waals surface area contributed by atoms with Crippen molar-refractivity contribution in [2.45, 2.75) is 86.1 Å². The highest BCUT2D eigenvalue weighted by Crippen LogP contribution is 2.29. The number of aromatic nitrogens is 1. The lowest BCUT2D eigenvalue weighted by molar-refractivity contribution is -0.131. The molecule has 31 heavy (non-hydrogen) atoms. The van der Waals surface area contributed by atoms with Crippen molar-refractivity contribution >= 4 is 17.7 Å². The van der Waals surface area contributed by atoms with Crippen LogP contribution in [0.2, 0.25) is 0 Å². The fraction of sp³-hybridized carbons (Fsp3) is 0.720. The van der Waals surface area contributed by atoms with Crippen LogP contribution in [0.15, 0.2) is 0 Å². The summed E-state index contributed by atoms with van der Waals surface area (Å²) in [7, 11) is 1.35. The van der Waals surface area contributed by atoms with Crippen LogP contribution < -0.4 is 0 Å². The van der Waals surface area contributed by atoms with E-state index in [2.05, 4.69) is 13.8 Å². The number of carbonyl (C=O) groups excluding carboxylic acids is 3. The summed E-state index contributed by atoms with van der Waals surface area (Å²) in [6.07, 6.45) is 7.27. The molecule has 0 atom stereocenters. The molecular formula is C25H40N2O4. The van der Waals surface area contributed by atoms with Gasteiger partial charge in [-0.05, 0) is 51.0 Å². The third-order valence-corrected chi connectivity index (χ3v) is 6.65. The first kappa shape index (κ1) is 25.2. The third kappa shape index (κ3) is 6.20. The van der Waals surface area contributed by atoms with E-state index in [4.69, 9.17) is 4.74 Å². The highest BCUT2D eigenvalue weighted by Gasteiger charge is 2.28. The highest BCUT2D eigenvalue weighted by molar-refractivity contribution is 6.04. The third-order valence-electron chi connectivity index (χ3n) is 6.65. The van der Waals surface area contributed by atoms with Gasteiger partial charge in [0.25, 0.3) is 0 Å². The minimum atomic E-state index is -0.439. The van der Waals surface area contributed by atoms with Crippen LogP contribution in [0, 0.1) is 25.7 Å². The van der Waals surface area contributed by atoms with Gasteiger partial charge in [-0.3, -0.25) is 9.59 Å². The normalized spacial score (nSPS) is 14.3. The monoisotopic (exact) mass is 432 g/mol. The Labute approximate surface area is 187 Å². The van der Waals surface area contributed by atoms with E-state index >= 15 is 0 Å². The number of ketones is 1. The summed E-state index contributed by atoms with van der Waals surface area (Å²) in [5, 5.41) is 0. The summed E-state index contributed by atoms with van der Waals surface area (Å²) >= 11 is 0. The summed E-state index contributed by atoms with van der Waals surface area (Å²) in [5.74, 6) is 0.628. The lowest BCUT2D eigenvalue weighted by atomic mass is 10.0. The maximum absolute atomic E-state index is 13.3. The summed E-state index contributed by atoms with van der Waals surface area (Å²) < 4.78 is 6.77. The molecule has 0 spiro atoms. The minimum absolute atomic E-state index is 0.0617. The van der Waals surface area contributed by atoms with Crippen molar-refractivity contribution in [3.63, 3.8) is 0 Å². The van der Waals surface area contributed by atoms with Gasteiger partial charge in [-0.2, -0.15) is 0 Å². The summed E-state index contributed by atoms with van der Waals surface area (Å²) in [5.41, 5.74) is 2.36. The molecule has 0 aromatic carbocycles. The summed E-state index contributed by atoms with van der Waals surface area (Å²) in [6.45, 7) is 11.1. The Kier molecular flexibility index (Phi) is 9.32. The van der Waals surface area contributed by atoms with E-state index in [0.29, 0.717) is 48.2 Å². The molecule has 2 rings (SSSR count). The highest BCUT2D eigenvalue weighted by atomic mass is 16.5. The van der Waals surface area contributed by atoms with E-state index in [1.54, 1.807) is 11.8 Å². The molecule has 1 aliphatic rings. The molecule has 0 saturated heterocycles. The number of methoxy groups -OCH3 is 1. The number of esters is 1. The fourth-order valence-electron chi connectivity index (χ4n) is 4.80. The lowest BCUT2D eigenvalue weighted by Crippen LogP contribution is -2.37. The topological polar surface area (TPSA) is 68.6 Å². The van der Waals surface area contributed by atoms with Crippen molar-refractivity contribution in [3.05, 3.63) is 22.5 Å². The first-order valence-corrected chi connectivity index (χ1v) is 11.8. The molecule has 1 aliphatic carbocycles. The molecule has 1 amide bonds. The number of hydrogen-bond donors (Lipinski definition) is 0. The SMILES string of the molecule is CCn1c(C)c(C(=O)CN(CCC(C)C)C(=O)CCC2CCCC2)c(C)c1C(=O)OC. The molecule has 0 unspecified atom stereocenters. The molecule has 1 saturated carbocycles. The van der Waals surface area contributed by atoms with Gasteiger partial charge in [0.15, 0.2) is 5.78 Å². The Morgan fingerprint density at radius 2 is 1.81 bits per heavy atom. The van der Waals surface area contributed by atoms with E-state index in [1.165, 1.54) is 32.8 Å². The van der Waals surface area contributed by atoms with Gasteiger partial charge in [0, 0.05) is 30.8 Å². The van der Waals surface area contributed by atoms with Crippen molar-refractivity contribution in [1.29, 1.82) is 0 Å². The molecule has 0 radical (unpaired) electrons. The molecule has 0 bridgehead atoms. The molecule has 1 aromatic heterocycles. The number of carbonyl (C=O) groups is 3. The Bertz CT molecular complexity index is 788. The standard InChI is InChI=1S/C25H40N2O4/c1-7-27-19(5)23(18(4)24(27)25(30)31-6)21(28)16-26(15-14-17(2)3)22(29)13-12-20-10-8-9-11-20/h17,20H,7-16H2,1-6H3. The van der Waals surface area contributed by atoms with Gasteiger partial charge in [-0.25, -0.2) is 4.79 Å². The average Bonchev–Trinajstić information content (AvgIpc) is 3.33. The number of amides is 1. The van der Waals surface area contributed by atoms with Crippen LogP contribution in [0.25, 0.3) is 0 Å². The van der Waals surface area contributed by atoms with Crippen LogP contribution in [0.4, 0.5) is 0 Å². The van der Waals surface area contributed by atoms with E-state index in [9.17, 15) is 14.4 Å². The quantitative estimate of drug-likeness (QED) is 0.367. The zero-order valence-corrected chi connectivity index (χ0v) is 20.3. The second-order valence-corrected chi connectivity index (χ2v) is 9.28. The zero-order chi connectivity index (χ0) is 23.1. The van der Waals surface area contributed by atoms with Crippen LogP contribution in [0.3, 0.4) is 0 Å². The van der Waals surface area contributed by atoms with E-state index in [0.717, 1.165) is 18.5 Å². The molecule has 174 valence electrons. The molecular weight excluding hydrogens is 392 g/mol. The first-order valence-electron chi connectivity index (χ1n) is 11.8. The Morgan fingerprint density at radius 3 is 2.35 bits per heavy atom. The minimum Gasteiger partial charge on any atom is -0.464 e. The van der Waals surface area contributed by atoms with Gasteiger partial charge in [0.2, 0.25) is 5.91 Å². The van der Waals surface area contributed by atoms with Gasteiger partial charge in [-0.1, -0.05) is 39.5 Å². The van der Waals surface area contributed by atoms with E-state index in [-0.39, 0.29) is 18.2 Å². The predicted molar refractivity (Wildman–Crippen MR) is 122 cm³/mol. The molecule has 6 nitrogen and oxygen atoms in total. The van der Waals surface area contributed by atoms with Crippen molar-refractivity contribution in [3.8, 4) is 0 Å². The van der Waals surface area contributed by atoms with E-state index in [1.807, 2.05) is 18.4 Å². The Balaban J connectivity index is 2.21. The molecule has 1 heterocycles. The van der Waals surface area contributed by atoms with Crippen molar-refractivity contribution in [2.24, 2.45) is 11.8 Å². The van der Waals surface area contributed by atoms with Gasteiger partial charge < -0.3 is 14.2 Å². The van der Waals surface area contributed by atoms with Crippen LogP contribution in [0.1, 0.15) is 97.8 Å². The van der Waals surface area contributed by atoms with E-state index < -0.39 is 5.97 Å². The van der Waals surface area contributed by atoms with Crippen LogP contribution in [-0.2, 0) is 16.1 Å². The van der Waals surface area contributed by atoms with Gasteiger partial charge in [-0.15, -0.1) is 0 Å². The molecule has 6 heteroatoms. The number of hydrogen-bond acceptors (Lipinski definition) is 4. The second kappa shape index (κ2) is 11.5. The van der Waals surface area contributed by atoms with Gasteiger partial charge >= 0.3 is 5.97 Å². The zero-order valence-electron chi connectivity index (χ0n) is 20.3. The van der Waals surface area contributed by atoms with Crippen molar-refractivity contribution < 1.29 is 19.1 Å². The lowest BCUT2D eigenvalue weighted by Gasteiger charge is -2.24. The fourth-order valence-corrected chi connectivity index (χ4v) is 4.80. The predicted octanol–water partition coefficient (Wildman–Crippen LogP) is 4.94. The maximum Gasteiger partial charge on any atom is 0.354 e. The number of nitrogens with zero attached hydrogens (tertiary/aromatic N) is 2. The van der Waals surface area contributed by atoms with Gasteiger partial charge in [0.1, 0.15) is 5.69 Å². The Morgan fingerprint density at radius 1 is 1.16 bits per heavy atom.